The quantitative estimate of drug-likeness (QED) is 0.107. The lowest BCUT2D eigenvalue weighted by atomic mass is 10.0. The molecule has 0 aliphatic heterocycles. The molecule has 5 nitrogen and oxygen atoms in total. The van der Waals surface area contributed by atoms with E-state index in [1.807, 2.05) is 48.2 Å². The Kier molecular flexibility index (Phi) is 13.2. The monoisotopic (exact) mass is 597 g/mol. The molecule has 0 aliphatic carbocycles. The Labute approximate surface area is 262 Å². The average Bonchev–Trinajstić information content (AvgIpc) is 3.04. The molecule has 3 aromatic carbocycles. The molecule has 0 spiro atoms. The summed E-state index contributed by atoms with van der Waals surface area (Å²) in [7, 11) is 0. The lowest BCUT2D eigenvalue weighted by Crippen LogP contribution is -2.38. The number of hydrogen-bond donors (Lipinski definition) is 0. The number of para-hydroxylation sites is 1. The van der Waals surface area contributed by atoms with Crippen molar-refractivity contribution in [3.63, 3.8) is 0 Å². The van der Waals surface area contributed by atoms with Crippen LogP contribution in [-0.4, -0.2) is 26.9 Å². The van der Waals surface area contributed by atoms with Gasteiger partial charge in [0.05, 0.1) is 22.6 Å². The molecule has 0 fully saturated rings. The number of amides is 1. The molecular weight excluding hydrogens is 549 g/mol. The molecule has 4 aromatic rings. The largest absolute Gasteiger partial charge is 0.332 e. The Balaban J connectivity index is 1.50. The first-order chi connectivity index (χ1) is 21.5. The minimum Gasteiger partial charge on any atom is -0.332 e. The molecule has 1 amide bonds. The fraction of sp³-hybridized carbons (Fsp3) is 0.447. The van der Waals surface area contributed by atoms with Gasteiger partial charge in [-0.25, -0.2) is 9.37 Å². The Morgan fingerprint density at radius 2 is 1.39 bits per heavy atom. The number of rotatable bonds is 18. The van der Waals surface area contributed by atoms with Crippen molar-refractivity contribution in [2.24, 2.45) is 0 Å². The minimum atomic E-state index is -0.471. The van der Waals surface area contributed by atoms with Crippen LogP contribution in [0.15, 0.2) is 83.7 Å². The van der Waals surface area contributed by atoms with E-state index in [2.05, 4.69) is 19.1 Å². The zero-order chi connectivity index (χ0) is 31.1. The van der Waals surface area contributed by atoms with Crippen LogP contribution in [0.4, 0.5) is 4.39 Å². The topological polar surface area (TPSA) is 55.2 Å². The molecule has 1 heterocycles. The van der Waals surface area contributed by atoms with E-state index in [4.69, 9.17) is 4.98 Å². The van der Waals surface area contributed by atoms with Crippen molar-refractivity contribution in [3.05, 3.63) is 106 Å². The van der Waals surface area contributed by atoms with Crippen LogP contribution in [0.2, 0.25) is 0 Å². The molecule has 0 saturated heterocycles. The zero-order valence-corrected chi connectivity index (χ0v) is 26.5. The third-order valence-corrected chi connectivity index (χ3v) is 8.53. The van der Waals surface area contributed by atoms with E-state index < -0.39 is 6.04 Å². The van der Waals surface area contributed by atoms with Crippen molar-refractivity contribution in [1.29, 1.82) is 0 Å². The van der Waals surface area contributed by atoms with Gasteiger partial charge in [-0.2, -0.15) is 0 Å². The van der Waals surface area contributed by atoms with Gasteiger partial charge in [0.15, 0.2) is 0 Å². The number of benzene rings is 3. The highest BCUT2D eigenvalue weighted by Gasteiger charge is 2.26. The fourth-order valence-corrected chi connectivity index (χ4v) is 5.92. The predicted molar refractivity (Wildman–Crippen MR) is 179 cm³/mol. The second-order valence-corrected chi connectivity index (χ2v) is 11.9. The summed E-state index contributed by atoms with van der Waals surface area (Å²) in [6.45, 7) is 4.70. The first-order valence-electron chi connectivity index (χ1n) is 16.6. The van der Waals surface area contributed by atoms with Crippen molar-refractivity contribution in [3.8, 4) is 5.69 Å². The molecule has 0 bridgehead atoms. The smallest absolute Gasteiger partial charge is 0.266 e. The molecule has 4 rings (SSSR count). The number of fused-ring (bicyclic) bond motifs is 1. The van der Waals surface area contributed by atoms with Crippen molar-refractivity contribution < 1.29 is 9.18 Å². The highest BCUT2D eigenvalue weighted by molar-refractivity contribution is 5.79. The molecule has 234 valence electrons. The summed E-state index contributed by atoms with van der Waals surface area (Å²) in [5.41, 5.74) is 2.02. The lowest BCUT2D eigenvalue weighted by Gasteiger charge is -2.31. The summed E-state index contributed by atoms with van der Waals surface area (Å²) in [5.74, 6) is 0.162. The average molecular weight is 598 g/mol. The molecule has 0 radical (unpaired) electrons. The summed E-state index contributed by atoms with van der Waals surface area (Å²) in [4.78, 5) is 34.5. The van der Waals surface area contributed by atoms with E-state index in [0.717, 1.165) is 24.8 Å². The Morgan fingerprint density at radius 1 is 0.795 bits per heavy atom. The fourth-order valence-electron chi connectivity index (χ4n) is 5.92. The number of carbonyl (C=O) groups excluding carboxylic acids is 1. The van der Waals surface area contributed by atoms with Gasteiger partial charge < -0.3 is 4.90 Å². The van der Waals surface area contributed by atoms with Crippen LogP contribution < -0.4 is 5.56 Å². The third-order valence-electron chi connectivity index (χ3n) is 8.53. The SMILES string of the molecule is CCCCCCCCCCCCCC(=O)N(CCc1ccccc1)C(C)c1nc2ccccc2c(=O)n1-c1ccc(F)cc1. The minimum absolute atomic E-state index is 0.0671. The van der Waals surface area contributed by atoms with Crippen LogP contribution in [0.5, 0.6) is 0 Å². The molecule has 44 heavy (non-hydrogen) atoms. The van der Waals surface area contributed by atoms with Crippen LogP contribution in [0.3, 0.4) is 0 Å². The molecular formula is C38H48FN3O2. The maximum atomic E-state index is 13.8. The summed E-state index contributed by atoms with van der Waals surface area (Å²) >= 11 is 0. The molecule has 1 unspecified atom stereocenters. The van der Waals surface area contributed by atoms with E-state index in [1.165, 1.54) is 68.1 Å². The van der Waals surface area contributed by atoms with Gasteiger partial charge in [-0.1, -0.05) is 114 Å². The second kappa shape index (κ2) is 17.5. The summed E-state index contributed by atoms with van der Waals surface area (Å²) < 4.78 is 15.4. The highest BCUT2D eigenvalue weighted by Crippen LogP contribution is 2.25. The van der Waals surface area contributed by atoms with Gasteiger partial charge in [0.1, 0.15) is 11.6 Å². The van der Waals surface area contributed by atoms with Crippen LogP contribution in [0.1, 0.15) is 108 Å². The number of unbranched alkanes of at least 4 members (excludes halogenated alkanes) is 10. The molecule has 1 aromatic heterocycles. The summed E-state index contributed by atoms with van der Waals surface area (Å²) in [6.07, 6.45) is 14.7. The van der Waals surface area contributed by atoms with Crippen molar-refractivity contribution in [1.82, 2.24) is 14.5 Å². The molecule has 0 saturated carbocycles. The van der Waals surface area contributed by atoms with Gasteiger partial charge in [0.25, 0.3) is 5.56 Å². The first-order valence-corrected chi connectivity index (χ1v) is 16.6. The van der Waals surface area contributed by atoms with E-state index in [1.54, 1.807) is 18.2 Å². The lowest BCUT2D eigenvalue weighted by molar-refractivity contribution is -0.133. The van der Waals surface area contributed by atoms with Gasteiger partial charge in [0.2, 0.25) is 5.91 Å². The van der Waals surface area contributed by atoms with Gasteiger partial charge in [-0.15, -0.1) is 0 Å². The van der Waals surface area contributed by atoms with Crippen LogP contribution in [0, 0.1) is 5.82 Å². The van der Waals surface area contributed by atoms with E-state index in [0.29, 0.717) is 41.8 Å². The maximum absolute atomic E-state index is 13.8. The number of halogens is 1. The molecule has 0 N–H and O–H groups in total. The second-order valence-electron chi connectivity index (χ2n) is 11.9. The van der Waals surface area contributed by atoms with E-state index in [-0.39, 0.29) is 17.3 Å². The van der Waals surface area contributed by atoms with Crippen LogP contribution in [-0.2, 0) is 11.2 Å². The van der Waals surface area contributed by atoms with Crippen LogP contribution in [0.25, 0.3) is 16.6 Å². The summed E-state index contributed by atoms with van der Waals surface area (Å²) in [6, 6.07) is 22.8. The van der Waals surface area contributed by atoms with Gasteiger partial charge in [-0.05, 0) is 61.7 Å². The number of hydrogen-bond acceptors (Lipinski definition) is 3. The first kappa shape index (κ1) is 33.1. The van der Waals surface area contributed by atoms with Gasteiger partial charge in [0, 0.05) is 13.0 Å². The van der Waals surface area contributed by atoms with Crippen molar-refractivity contribution in [2.75, 3.05) is 6.54 Å². The normalized spacial score (nSPS) is 12.0. The number of nitrogens with zero attached hydrogens (tertiary/aromatic N) is 3. The van der Waals surface area contributed by atoms with Gasteiger partial charge in [-0.3, -0.25) is 14.2 Å². The van der Waals surface area contributed by atoms with E-state index >= 15 is 0 Å². The standard InChI is InChI=1S/C38H48FN3O2/c1-3-4-5-6-7-8-9-10-11-12-16-23-36(43)41(29-28-31-19-14-13-15-20-31)30(2)37-40-35-22-18-17-21-34(35)38(44)42(37)33-26-24-32(39)25-27-33/h13-15,17-22,24-27,30H,3-12,16,23,28-29H2,1-2H3. The third kappa shape index (κ3) is 9.35. The predicted octanol–water partition coefficient (Wildman–Crippen LogP) is 9.36. The Hall–Kier alpha value is -3.80. The Morgan fingerprint density at radius 3 is 2.05 bits per heavy atom. The molecule has 6 heteroatoms. The summed E-state index contributed by atoms with van der Waals surface area (Å²) in [5, 5.41) is 0.482. The molecule has 1 atom stereocenters. The van der Waals surface area contributed by atoms with Crippen LogP contribution >= 0.6 is 0 Å². The zero-order valence-electron chi connectivity index (χ0n) is 26.5. The van der Waals surface area contributed by atoms with Gasteiger partial charge >= 0.3 is 0 Å². The van der Waals surface area contributed by atoms with Crippen molar-refractivity contribution in [2.45, 2.75) is 103 Å². The van der Waals surface area contributed by atoms with E-state index in [9.17, 15) is 14.0 Å². The number of aromatic nitrogens is 2. The number of carbonyl (C=O) groups is 1. The highest BCUT2D eigenvalue weighted by atomic mass is 19.1. The Bertz CT molecular complexity index is 1500. The maximum Gasteiger partial charge on any atom is 0.266 e. The van der Waals surface area contributed by atoms with Crippen molar-refractivity contribution >= 4 is 16.8 Å². The molecule has 0 aliphatic rings.